The minimum Gasteiger partial charge on any atom is -0.350 e. The molecule has 0 saturated carbocycles. The molecule has 15 heavy (non-hydrogen) atoms. The number of hydrogen-bond acceptors (Lipinski definition) is 2. The van der Waals surface area contributed by atoms with Crippen LogP contribution in [0.1, 0.15) is 5.56 Å². The topological polar surface area (TPSA) is 40.2 Å². The van der Waals surface area contributed by atoms with Gasteiger partial charge in [-0.1, -0.05) is 11.6 Å². The summed E-state index contributed by atoms with van der Waals surface area (Å²) in [6.45, 7) is 0.506. The Balaban J connectivity index is 2.45. The van der Waals surface area contributed by atoms with Gasteiger partial charge in [0.05, 0.1) is 11.6 Å². The van der Waals surface area contributed by atoms with Gasteiger partial charge in [0.1, 0.15) is 0 Å². The van der Waals surface area contributed by atoms with E-state index in [2.05, 4.69) is 10.9 Å². The summed E-state index contributed by atoms with van der Waals surface area (Å²) in [7, 11) is 2.00. The summed E-state index contributed by atoms with van der Waals surface area (Å²) >= 11 is 6.17. The zero-order valence-corrected chi connectivity index (χ0v) is 9.29. The highest BCUT2D eigenvalue weighted by Crippen LogP contribution is 2.26. The Kier molecular flexibility index (Phi) is 2.95. The van der Waals surface area contributed by atoms with Crippen molar-refractivity contribution in [3.05, 3.63) is 35.0 Å². The summed E-state index contributed by atoms with van der Waals surface area (Å²) in [5.74, 6) is 5.00. The van der Waals surface area contributed by atoms with Crippen LogP contribution in [0.25, 0.3) is 10.9 Å². The number of nitrogens with zero attached hydrogens (tertiary/aromatic N) is 1. The average Bonchev–Trinajstić information content (AvgIpc) is 2.58. The zero-order valence-electron chi connectivity index (χ0n) is 8.53. The normalized spacial score (nSPS) is 11.1. The van der Waals surface area contributed by atoms with Gasteiger partial charge in [0.25, 0.3) is 0 Å². The molecule has 0 bridgehead atoms. The third-order valence-electron chi connectivity index (χ3n) is 2.52. The van der Waals surface area contributed by atoms with Gasteiger partial charge >= 0.3 is 0 Å². The van der Waals surface area contributed by atoms with Crippen LogP contribution in [0.3, 0.4) is 0 Å². The minimum atomic E-state index is 0.506. The van der Waals surface area contributed by atoms with Crippen molar-refractivity contribution < 1.29 is 4.84 Å². The van der Waals surface area contributed by atoms with E-state index < -0.39 is 0 Å². The Morgan fingerprint density at radius 2 is 2.27 bits per heavy atom. The van der Waals surface area contributed by atoms with Gasteiger partial charge in [-0.3, -0.25) is 0 Å². The van der Waals surface area contributed by atoms with Crippen LogP contribution in [0, 0.1) is 0 Å². The summed E-state index contributed by atoms with van der Waals surface area (Å²) in [6, 6.07) is 6.09. The van der Waals surface area contributed by atoms with Crippen molar-refractivity contribution >= 4 is 22.5 Å². The molecule has 0 aliphatic carbocycles. The van der Waals surface area contributed by atoms with E-state index in [9.17, 15) is 0 Å². The first-order chi connectivity index (χ1) is 7.22. The van der Waals surface area contributed by atoms with Gasteiger partial charge in [0.15, 0.2) is 0 Å². The number of rotatable bonds is 3. The van der Waals surface area contributed by atoms with E-state index in [1.54, 1.807) is 0 Å². The molecule has 0 unspecified atom stereocenters. The molecule has 1 aromatic heterocycles. The predicted octanol–water partition coefficient (Wildman–Crippen LogP) is 2.26. The van der Waals surface area contributed by atoms with E-state index in [-0.39, 0.29) is 0 Å². The number of nitrogens with two attached hydrogens (primary N) is 1. The highest BCUT2D eigenvalue weighted by molar-refractivity contribution is 6.35. The number of aromatic nitrogens is 1. The molecule has 1 heterocycles. The molecular weight excluding hydrogens is 212 g/mol. The minimum absolute atomic E-state index is 0.506. The van der Waals surface area contributed by atoms with Crippen molar-refractivity contribution in [2.45, 2.75) is 6.42 Å². The SMILES string of the molecule is Cn1ccc2c(Cl)cc(CCON)cc21. The zero-order chi connectivity index (χ0) is 10.8. The van der Waals surface area contributed by atoms with Crippen LogP contribution in [0.5, 0.6) is 0 Å². The van der Waals surface area contributed by atoms with Crippen molar-refractivity contribution in [3.8, 4) is 0 Å². The Morgan fingerprint density at radius 1 is 1.47 bits per heavy atom. The standard InChI is InChI=1S/C11H13ClN2O/c1-14-4-2-9-10(12)6-8(3-5-15-13)7-11(9)14/h2,4,6-7H,3,5,13H2,1H3. The Morgan fingerprint density at radius 3 is 3.00 bits per heavy atom. The maximum Gasteiger partial charge on any atom is 0.0719 e. The molecule has 0 saturated heterocycles. The van der Waals surface area contributed by atoms with Crippen molar-refractivity contribution in [1.29, 1.82) is 0 Å². The second-order valence-electron chi connectivity index (χ2n) is 3.56. The molecule has 0 fully saturated rings. The van der Waals surface area contributed by atoms with Crippen LogP contribution >= 0.6 is 11.6 Å². The summed E-state index contributed by atoms with van der Waals surface area (Å²) in [5, 5.41) is 1.86. The van der Waals surface area contributed by atoms with E-state index in [1.165, 1.54) is 0 Å². The Labute approximate surface area is 93.3 Å². The van der Waals surface area contributed by atoms with Gasteiger partial charge in [-0.2, -0.15) is 0 Å². The fourth-order valence-electron chi connectivity index (χ4n) is 1.70. The fraction of sp³-hybridized carbons (Fsp3) is 0.273. The summed E-state index contributed by atoms with van der Waals surface area (Å²) < 4.78 is 2.05. The lowest BCUT2D eigenvalue weighted by Gasteiger charge is -2.04. The van der Waals surface area contributed by atoms with Crippen molar-refractivity contribution in [3.63, 3.8) is 0 Å². The lowest BCUT2D eigenvalue weighted by atomic mass is 10.1. The van der Waals surface area contributed by atoms with E-state index >= 15 is 0 Å². The maximum absolute atomic E-state index is 6.17. The first kappa shape index (κ1) is 10.5. The number of fused-ring (bicyclic) bond motifs is 1. The molecule has 2 rings (SSSR count). The van der Waals surface area contributed by atoms with Crippen LogP contribution in [-0.4, -0.2) is 11.2 Å². The lowest BCUT2D eigenvalue weighted by Crippen LogP contribution is -2.03. The van der Waals surface area contributed by atoms with Crippen LogP contribution in [0.4, 0.5) is 0 Å². The van der Waals surface area contributed by atoms with Gasteiger partial charge in [0.2, 0.25) is 0 Å². The molecule has 2 aromatic rings. The predicted molar refractivity (Wildman–Crippen MR) is 61.8 cm³/mol. The Hall–Kier alpha value is -1.03. The van der Waals surface area contributed by atoms with Gasteiger partial charge in [-0.15, -0.1) is 0 Å². The number of hydrogen-bond donors (Lipinski definition) is 1. The smallest absolute Gasteiger partial charge is 0.0719 e. The van der Waals surface area contributed by atoms with Gasteiger partial charge < -0.3 is 9.40 Å². The van der Waals surface area contributed by atoms with Gasteiger partial charge in [0, 0.05) is 24.1 Å². The highest BCUT2D eigenvalue weighted by Gasteiger charge is 2.05. The molecule has 0 aliphatic rings. The maximum atomic E-state index is 6.17. The third kappa shape index (κ3) is 2.00. The largest absolute Gasteiger partial charge is 0.350 e. The molecule has 1 aromatic carbocycles. The highest BCUT2D eigenvalue weighted by atomic mass is 35.5. The van der Waals surface area contributed by atoms with Crippen LogP contribution < -0.4 is 5.90 Å². The number of halogens is 1. The molecule has 0 atom stereocenters. The molecule has 0 aliphatic heterocycles. The van der Waals surface area contributed by atoms with Crippen LogP contribution in [-0.2, 0) is 18.3 Å². The monoisotopic (exact) mass is 224 g/mol. The van der Waals surface area contributed by atoms with Gasteiger partial charge in [-0.25, -0.2) is 5.90 Å². The Bertz CT molecular complexity index is 479. The van der Waals surface area contributed by atoms with E-state index in [0.717, 1.165) is 27.9 Å². The lowest BCUT2D eigenvalue weighted by molar-refractivity contribution is 0.141. The van der Waals surface area contributed by atoms with Crippen molar-refractivity contribution in [1.82, 2.24) is 4.57 Å². The molecule has 80 valence electrons. The second kappa shape index (κ2) is 4.23. The van der Waals surface area contributed by atoms with E-state index in [0.29, 0.717) is 6.61 Å². The first-order valence-electron chi connectivity index (χ1n) is 4.77. The van der Waals surface area contributed by atoms with Crippen LogP contribution in [0.2, 0.25) is 5.02 Å². The van der Waals surface area contributed by atoms with E-state index in [4.69, 9.17) is 17.5 Å². The second-order valence-corrected chi connectivity index (χ2v) is 3.97. The fourth-order valence-corrected chi connectivity index (χ4v) is 2.00. The van der Waals surface area contributed by atoms with Crippen molar-refractivity contribution in [2.24, 2.45) is 12.9 Å². The third-order valence-corrected chi connectivity index (χ3v) is 2.83. The first-order valence-corrected chi connectivity index (χ1v) is 5.15. The number of aryl methyl sites for hydroxylation is 1. The number of benzene rings is 1. The molecule has 0 radical (unpaired) electrons. The molecule has 0 spiro atoms. The average molecular weight is 225 g/mol. The summed E-state index contributed by atoms with van der Waals surface area (Å²) in [5.41, 5.74) is 2.27. The quantitative estimate of drug-likeness (QED) is 0.813. The molecule has 2 N–H and O–H groups in total. The molecule has 0 amide bonds. The summed E-state index contributed by atoms with van der Waals surface area (Å²) in [4.78, 5) is 4.56. The van der Waals surface area contributed by atoms with Crippen LogP contribution in [0.15, 0.2) is 24.4 Å². The molecule has 3 nitrogen and oxygen atoms in total. The summed E-state index contributed by atoms with van der Waals surface area (Å²) in [6.07, 6.45) is 2.77. The van der Waals surface area contributed by atoms with Gasteiger partial charge in [-0.05, 0) is 30.2 Å². The molecule has 4 heteroatoms. The van der Waals surface area contributed by atoms with Crippen molar-refractivity contribution in [2.75, 3.05) is 6.61 Å². The van der Waals surface area contributed by atoms with E-state index in [1.807, 2.05) is 29.9 Å². The molecular formula is C11H13ClN2O.